The molecule has 1 aromatic carbocycles. The smallest absolute Gasteiger partial charge is 0.133 e. The molecule has 94 valence electrons. The van der Waals surface area contributed by atoms with E-state index in [1.54, 1.807) is 0 Å². The van der Waals surface area contributed by atoms with Crippen LogP contribution in [0.4, 0.5) is 0 Å². The predicted octanol–water partition coefficient (Wildman–Crippen LogP) is 4.10. The average molecular weight is 232 g/mol. The SMILES string of the molecule is CC=CC(c1ccc(C)cc1)[N+](C)(CC)CC. The summed E-state index contributed by atoms with van der Waals surface area (Å²) in [6.45, 7) is 11.1. The van der Waals surface area contributed by atoms with Crippen molar-refractivity contribution in [2.75, 3.05) is 20.1 Å². The van der Waals surface area contributed by atoms with Crippen molar-refractivity contribution in [2.24, 2.45) is 0 Å². The van der Waals surface area contributed by atoms with Crippen LogP contribution in [0.2, 0.25) is 0 Å². The van der Waals surface area contributed by atoms with E-state index < -0.39 is 0 Å². The van der Waals surface area contributed by atoms with Crippen molar-refractivity contribution < 1.29 is 4.48 Å². The summed E-state index contributed by atoms with van der Waals surface area (Å²) in [4.78, 5) is 0. The molecule has 0 saturated heterocycles. The lowest BCUT2D eigenvalue weighted by Gasteiger charge is -2.39. The van der Waals surface area contributed by atoms with Crippen LogP contribution in [0, 0.1) is 6.92 Å². The Morgan fingerprint density at radius 1 is 1.12 bits per heavy atom. The maximum Gasteiger partial charge on any atom is 0.133 e. The Hall–Kier alpha value is -1.08. The Balaban J connectivity index is 3.12. The monoisotopic (exact) mass is 232 g/mol. The van der Waals surface area contributed by atoms with Crippen molar-refractivity contribution in [3.8, 4) is 0 Å². The maximum absolute atomic E-state index is 2.34. The first kappa shape index (κ1) is 14.0. The molecule has 0 aliphatic rings. The summed E-state index contributed by atoms with van der Waals surface area (Å²) in [5.41, 5.74) is 2.75. The van der Waals surface area contributed by atoms with Crippen LogP contribution in [0.1, 0.15) is 37.9 Å². The third-order valence-electron chi connectivity index (χ3n) is 3.91. The van der Waals surface area contributed by atoms with Gasteiger partial charge in [-0.15, -0.1) is 0 Å². The largest absolute Gasteiger partial charge is 0.317 e. The summed E-state index contributed by atoms with van der Waals surface area (Å²) < 4.78 is 1.06. The molecule has 0 spiro atoms. The summed E-state index contributed by atoms with van der Waals surface area (Å²) in [5, 5.41) is 0. The van der Waals surface area contributed by atoms with Crippen LogP contribution in [-0.4, -0.2) is 24.6 Å². The van der Waals surface area contributed by atoms with Crippen molar-refractivity contribution >= 4 is 0 Å². The van der Waals surface area contributed by atoms with Gasteiger partial charge in [0.2, 0.25) is 0 Å². The highest BCUT2D eigenvalue weighted by atomic mass is 15.3. The zero-order valence-electron chi connectivity index (χ0n) is 11.9. The molecule has 17 heavy (non-hydrogen) atoms. The zero-order valence-corrected chi connectivity index (χ0v) is 11.9. The van der Waals surface area contributed by atoms with E-state index in [1.807, 2.05) is 0 Å². The standard InChI is InChI=1S/C16H26N/c1-6-9-16(17(5,7-2)8-3)15-12-10-14(4)11-13-15/h6,9-13,16H,7-8H2,1-5H3/q+1. The van der Waals surface area contributed by atoms with E-state index in [-0.39, 0.29) is 0 Å². The molecule has 0 fully saturated rings. The van der Waals surface area contributed by atoms with Crippen molar-refractivity contribution in [1.82, 2.24) is 0 Å². The second kappa shape index (κ2) is 6.02. The number of likely N-dealkylation sites (N-methyl/N-ethyl adjacent to an activating group) is 1. The molecule has 0 amide bonds. The highest BCUT2D eigenvalue weighted by Crippen LogP contribution is 2.28. The number of nitrogens with zero attached hydrogens (tertiary/aromatic N) is 1. The molecular weight excluding hydrogens is 206 g/mol. The molecule has 0 aliphatic heterocycles. The van der Waals surface area contributed by atoms with Gasteiger partial charge in [-0.25, -0.2) is 0 Å². The lowest BCUT2D eigenvalue weighted by molar-refractivity contribution is -0.929. The molecule has 1 nitrogen and oxygen atoms in total. The molecule has 0 bridgehead atoms. The van der Waals surface area contributed by atoms with E-state index in [1.165, 1.54) is 11.1 Å². The number of quaternary nitrogens is 1. The fraction of sp³-hybridized carbons (Fsp3) is 0.500. The van der Waals surface area contributed by atoms with Crippen molar-refractivity contribution in [2.45, 2.75) is 33.7 Å². The molecule has 0 saturated carbocycles. The molecule has 0 radical (unpaired) electrons. The number of rotatable bonds is 5. The summed E-state index contributed by atoms with van der Waals surface area (Å²) >= 11 is 0. The summed E-state index contributed by atoms with van der Waals surface area (Å²) in [7, 11) is 2.34. The molecule has 0 aromatic heterocycles. The summed E-state index contributed by atoms with van der Waals surface area (Å²) in [5.74, 6) is 0. The Labute approximate surface area is 106 Å². The molecule has 0 aliphatic carbocycles. The van der Waals surface area contributed by atoms with Gasteiger partial charge in [0.1, 0.15) is 6.04 Å². The molecule has 1 unspecified atom stereocenters. The van der Waals surface area contributed by atoms with Crippen molar-refractivity contribution in [3.05, 3.63) is 47.5 Å². The number of aryl methyl sites for hydroxylation is 1. The van der Waals surface area contributed by atoms with Gasteiger partial charge in [0, 0.05) is 5.56 Å². The lowest BCUT2D eigenvalue weighted by Crippen LogP contribution is -2.46. The molecule has 1 rings (SSSR count). The van der Waals surface area contributed by atoms with Crippen LogP contribution in [0.5, 0.6) is 0 Å². The number of benzene rings is 1. The second-order valence-corrected chi connectivity index (χ2v) is 4.99. The maximum atomic E-state index is 2.34. The quantitative estimate of drug-likeness (QED) is 0.529. The molecule has 1 aromatic rings. The minimum Gasteiger partial charge on any atom is -0.317 e. The average Bonchev–Trinajstić information content (AvgIpc) is 2.36. The van der Waals surface area contributed by atoms with Gasteiger partial charge in [-0.05, 0) is 33.8 Å². The minimum absolute atomic E-state index is 0.468. The third kappa shape index (κ3) is 3.19. The van der Waals surface area contributed by atoms with Crippen molar-refractivity contribution in [3.63, 3.8) is 0 Å². The Kier molecular flexibility index (Phi) is 4.95. The fourth-order valence-electron chi connectivity index (χ4n) is 2.24. The predicted molar refractivity (Wildman–Crippen MR) is 76.0 cm³/mol. The Bertz CT molecular complexity index is 358. The first-order valence-electron chi connectivity index (χ1n) is 6.61. The van der Waals surface area contributed by atoms with Crippen LogP contribution in [0.3, 0.4) is 0 Å². The van der Waals surface area contributed by atoms with Crippen LogP contribution in [0.15, 0.2) is 36.4 Å². The number of hydrogen-bond donors (Lipinski definition) is 0. The lowest BCUT2D eigenvalue weighted by atomic mass is 10.0. The van der Waals surface area contributed by atoms with Crippen LogP contribution in [-0.2, 0) is 0 Å². The van der Waals surface area contributed by atoms with Crippen LogP contribution < -0.4 is 0 Å². The molecule has 1 heteroatoms. The first-order valence-corrected chi connectivity index (χ1v) is 6.61. The van der Waals surface area contributed by atoms with Gasteiger partial charge in [-0.3, -0.25) is 0 Å². The van der Waals surface area contributed by atoms with E-state index in [0.29, 0.717) is 6.04 Å². The van der Waals surface area contributed by atoms with E-state index in [0.717, 1.165) is 17.6 Å². The topological polar surface area (TPSA) is 0 Å². The Morgan fingerprint density at radius 2 is 1.65 bits per heavy atom. The van der Waals surface area contributed by atoms with Crippen LogP contribution >= 0.6 is 0 Å². The van der Waals surface area contributed by atoms with Gasteiger partial charge >= 0.3 is 0 Å². The Morgan fingerprint density at radius 3 is 2.06 bits per heavy atom. The summed E-state index contributed by atoms with van der Waals surface area (Å²) in [6, 6.07) is 9.42. The molecule has 1 atom stereocenters. The molecular formula is C16H26N+. The van der Waals surface area contributed by atoms with Crippen molar-refractivity contribution in [1.29, 1.82) is 0 Å². The zero-order chi connectivity index (χ0) is 12.9. The fourth-order valence-corrected chi connectivity index (χ4v) is 2.24. The van der Waals surface area contributed by atoms with Gasteiger partial charge in [-0.1, -0.05) is 35.9 Å². The van der Waals surface area contributed by atoms with Gasteiger partial charge < -0.3 is 4.48 Å². The molecule has 0 N–H and O–H groups in total. The van der Waals surface area contributed by atoms with Gasteiger partial charge in [-0.2, -0.15) is 0 Å². The highest BCUT2D eigenvalue weighted by molar-refractivity contribution is 5.25. The first-order chi connectivity index (χ1) is 8.07. The highest BCUT2D eigenvalue weighted by Gasteiger charge is 2.28. The van der Waals surface area contributed by atoms with Gasteiger partial charge in [0.15, 0.2) is 0 Å². The van der Waals surface area contributed by atoms with Gasteiger partial charge in [0.25, 0.3) is 0 Å². The summed E-state index contributed by atoms with van der Waals surface area (Å²) in [6.07, 6.45) is 4.50. The van der Waals surface area contributed by atoms with E-state index in [9.17, 15) is 0 Å². The normalized spacial score (nSPS) is 14.2. The number of allylic oxidation sites excluding steroid dienone is 1. The van der Waals surface area contributed by atoms with E-state index in [2.05, 4.69) is 71.2 Å². The van der Waals surface area contributed by atoms with E-state index >= 15 is 0 Å². The second-order valence-electron chi connectivity index (χ2n) is 4.99. The van der Waals surface area contributed by atoms with E-state index in [4.69, 9.17) is 0 Å². The van der Waals surface area contributed by atoms with Gasteiger partial charge in [0.05, 0.1) is 20.1 Å². The minimum atomic E-state index is 0.468. The third-order valence-corrected chi connectivity index (χ3v) is 3.91. The molecule has 0 heterocycles. The van der Waals surface area contributed by atoms with Crippen LogP contribution in [0.25, 0.3) is 0 Å². The number of hydrogen-bond acceptors (Lipinski definition) is 0.